The maximum atomic E-state index is 6.13. The van der Waals surface area contributed by atoms with Crippen molar-refractivity contribution < 1.29 is 9.47 Å². The monoisotopic (exact) mass is 266 g/mol. The molecule has 0 aliphatic rings. The number of benzene rings is 1. The molecule has 1 rings (SSSR count). The molecule has 0 aliphatic carbocycles. The highest BCUT2D eigenvalue weighted by Crippen LogP contribution is 2.38. The minimum atomic E-state index is -0.294. The van der Waals surface area contributed by atoms with E-state index < -0.39 is 0 Å². The maximum absolute atomic E-state index is 6.13. The van der Waals surface area contributed by atoms with Crippen molar-refractivity contribution >= 4 is 24.0 Å². The van der Waals surface area contributed by atoms with Gasteiger partial charge in [0.2, 0.25) is 0 Å². The molecular formula is C10H16Cl2N2O2. The van der Waals surface area contributed by atoms with Crippen LogP contribution < -0.4 is 20.9 Å². The lowest BCUT2D eigenvalue weighted by Gasteiger charge is -2.16. The molecule has 0 spiro atoms. The number of ether oxygens (including phenoxy) is 2. The van der Waals surface area contributed by atoms with Gasteiger partial charge in [-0.3, -0.25) is 0 Å². The van der Waals surface area contributed by atoms with Crippen LogP contribution in [0.15, 0.2) is 12.1 Å². The van der Waals surface area contributed by atoms with Crippen LogP contribution in [0.2, 0.25) is 5.02 Å². The van der Waals surface area contributed by atoms with Crippen molar-refractivity contribution in [2.75, 3.05) is 20.8 Å². The Morgan fingerprint density at radius 2 is 1.94 bits per heavy atom. The third-order valence-corrected chi connectivity index (χ3v) is 2.56. The zero-order valence-electron chi connectivity index (χ0n) is 9.20. The summed E-state index contributed by atoms with van der Waals surface area (Å²) in [7, 11) is 3.08. The van der Waals surface area contributed by atoms with Crippen LogP contribution in [-0.2, 0) is 0 Å². The van der Waals surface area contributed by atoms with E-state index in [1.165, 1.54) is 7.11 Å². The van der Waals surface area contributed by atoms with Crippen molar-refractivity contribution in [2.45, 2.75) is 6.04 Å². The third kappa shape index (κ3) is 2.92. The SMILES string of the molecule is COc1ccc([C@@H](N)CN)c(Cl)c1OC.Cl. The highest BCUT2D eigenvalue weighted by atomic mass is 35.5. The second-order valence-corrected chi connectivity index (χ2v) is 3.42. The molecule has 0 saturated carbocycles. The summed E-state index contributed by atoms with van der Waals surface area (Å²) >= 11 is 6.13. The molecule has 1 atom stereocenters. The number of nitrogens with two attached hydrogens (primary N) is 2. The molecule has 0 fully saturated rings. The summed E-state index contributed by atoms with van der Waals surface area (Å²) in [6.45, 7) is 0.329. The molecular weight excluding hydrogens is 251 g/mol. The molecule has 0 saturated heterocycles. The first-order chi connectivity index (χ1) is 7.15. The van der Waals surface area contributed by atoms with Gasteiger partial charge < -0.3 is 20.9 Å². The minimum absolute atomic E-state index is 0. The van der Waals surface area contributed by atoms with Crippen molar-refractivity contribution in [3.8, 4) is 11.5 Å². The second-order valence-electron chi connectivity index (χ2n) is 3.05. The summed E-state index contributed by atoms with van der Waals surface area (Å²) in [5, 5.41) is 0.454. The van der Waals surface area contributed by atoms with Gasteiger partial charge in [-0.2, -0.15) is 0 Å². The molecule has 0 heterocycles. The van der Waals surface area contributed by atoms with E-state index in [1.807, 2.05) is 0 Å². The van der Waals surface area contributed by atoms with Gasteiger partial charge in [0, 0.05) is 12.6 Å². The van der Waals surface area contributed by atoms with Gasteiger partial charge in [-0.05, 0) is 11.6 Å². The van der Waals surface area contributed by atoms with Gasteiger partial charge >= 0.3 is 0 Å². The molecule has 16 heavy (non-hydrogen) atoms. The van der Waals surface area contributed by atoms with Gasteiger partial charge in [-0.15, -0.1) is 12.4 Å². The smallest absolute Gasteiger partial charge is 0.179 e. The van der Waals surface area contributed by atoms with Crippen LogP contribution in [0.5, 0.6) is 11.5 Å². The first-order valence-electron chi connectivity index (χ1n) is 4.51. The highest BCUT2D eigenvalue weighted by Gasteiger charge is 2.16. The van der Waals surface area contributed by atoms with Crippen LogP contribution in [0.1, 0.15) is 11.6 Å². The fourth-order valence-electron chi connectivity index (χ4n) is 1.32. The van der Waals surface area contributed by atoms with Crippen molar-refractivity contribution in [3.05, 3.63) is 22.7 Å². The van der Waals surface area contributed by atoms with Crippen LogP contribution in [0, 0.1) is 0 Å². The van der Waals surface area contributed by atoms with E-state index in [0.29, 0.717) is 23.1 Å². The Balaban J connectivity index is 0.00000225. The second kappa shape index (κ2) is 6.81. The predicted molar refractivity (Wildman–Crippen MR) is 67.8 cm³/mol. The summed E-state index contributed by atoms with van der Waals surface area (Å²) in [4.78, 5) is 0. The largest absolute Gasteiger partial charge is 0.493 e. The minimum Gasteiger partial charge on any atom is -0.493 e. The number of hydrogen-bond donors (Lipinski definition) is 2. The predicted octanol–water partition coefficient (Wildman–Crippen LogP) is 1.74. The number of halogens is 2. The van der Waals surface area contributed by atoms with Gasteiger partial charge in [0.25, 0.3) is 0 Å². The molecule has 1 aromatic carbocycles. The number of methoxy groups -OCH3 is 2. The molecule has 0 unspecified atom stereocenters. The summed E-state index contributed by atoms with van der Waals surface area (Å²) < 4.78 is 10.3. The number of hydrogen-bond acceptors (Lipinski definition) is 4. The zero-order valence-corrected chi connectivity index (χ0v) is 10.8. The Hall–Kier alpha value is -0.680. The van der Waals surface area contributed by atoms with E-state index in [-0.39, 0.29) is 18.4 Å². The molecule has 0 aromatic heterocycles. The molecule has 0 aliphatic heterocycles. The Morgan fingerprint density at radius 1 is 1.31 bits per heavy atom. The molecule has 6 heteroatoms. The Labute approximate surface area is 106 Å². The standard InChI is InChI=1S/C10H15ClN2O2.ClH/c1-14-8-4-3-6(7(13)5-12)9(11)10(8)15-2;/h3-4,7H,5,12-13H2,1-2H3;1H/t7-;/m0./s1. The average molecular weight is 267 g/mol. The van der Waals surface area contributed by atoms with Crippen molar-refractivity contribution in [2.24, 2.45) is 11.5 Å². The molecule has 0 radical (unpaired) electrons. The third-order valence-electron chi connectivity index (χ3n) is 2.17. The molecule has 1 aromatic rings. The normalized spacial score (nSPS) is 11.6. The van der Waals surface area contributed by atoms with Crippen LogP contribution in [-0.4, -0.2) is 20.8 Å². The van der Waals surface area contributed by atoms with Gasteiger partial charge in [-0.25, -0.2) is 0 Å². The topological polar surface area (TPSA) is 70.5 Å². The Kier molecular flexibility index (Phi) is 6.52. The van der Waals surface area contributed by atoms with Gasteiger partial charge in [0.05, 0.1) is 19.2 Å². The van der Waals surface area contributed by atoms with Crippen molar-refractivity contribution in [1.29, 1.82) is 0 Å². The van der Waals surface area contributed by atoms with Crippen LogP contribution in [0.4, 0.5) is 0 Å². The quantitative estimate of drug-likeness (QED) is 0.871. The lowest BCUT2D eigenvalue weighted by atomic mass is 10.1. The Bertz CT molecular complexity index is 348. The summed E-state index contributed by atoms with van der Waals surface area (Å²) in [6, 6.07) is 3.26. The molecule has 0 amide bonds. The van der Waals surface area contributed by atoms with Crippen LogP contribution >= 0.6 is 24.0 Å². The first kappa shape index (κ1) is 15.3. The van der Waals surface area contributed by atoms with Crippen molar-refractivity contribution in [3.63, 3.8) is 0 Å². The summed E-state index contributed by atoms with van der Waals surface area (Å²) in [5.41, 5.74) is 12.0. The van der Waals surface area contributed by atoms with E-state index in [9.17, 15) is 0 Å². The highest BCUT2D eigenvalue weighted by molar-refractivity contribution is 6.33. The van der Waals surface area contributed by atoms with Gasteiger partial charge in [0.15, 0.2) is 11.5 Å². The van der Waals surface area contributed by atoms with E-state index in [0.717, 1.165) is 5.56 Å². The summed E-state index contributed by atoms with van der Waals surface area (Å²) in [6.07, 6.45) is 0. The number of rotatable bonds is 4. The molecule has 92 valence electrons. The van der Waals surface area contributed by atoms with Crippen molar-refractivity contribution in [1.82, 2.24) is 0 Å². The lowest BCUT2D eigenvalue weighted by Crippen LogP contribution is -2.21. The summed E-state index contributed by atoms with van der Waals surface area (Å²) in [5.74, 6) is 1.07. The fourth-order valence-corrected chi connectivity index (χ4v) is 1.69. The first-order valence-corrected chi connectivity index (χ1v) is 4.89. The van der Waals surface area contributed by atoms with E-state index >= 15 is 0 Å². The molecule has 4 nitrogen and oxygen atoms in total. The Morgan fingerprint density at radius 3 is 2.38 bits per heavy atom. The lowest BCUT2D eigenvalue weighted by molar-refractivity contribution is 0.354. The average Bonchev–Trinajstić information content (AvgIpc) is 2.27. The van der Waals surface area contributed by atoms with E-state index in [1.54, 1.807) is 19.2 Å². The maximum Gasteiger partial charge on any atom is 0.179 e. The van der Waals surface area contributed by atoms with E-state index in [2.05, 4.69) is 0 Å². The zero-order chi connectivity index (χ0) is 11.4. The van der Waals surface area contributed by atoms with Gasteiger partial charge in [0.1, 0.15) is 0 Å². The van der Waals surface area contributed by atoms with Gasteiger partial charge in [-0.1, -0.05) is 17.7 Å². The fraction of sp³-hybridized carbons (Fsp3) is 0.400. The van der Waals surface area contributed by atoms with Crippen LogP contribution in [0.25, 0.3) is 0 Å². The van der Waals surface area contributed by atoms with Crippen LogP contribution in [0.3, 0.4) is 0 Å². The van der Waals surface area contributed by atoms with E-state index in [4.69, 9.17) is 32.5 Å². The molecule has 0 bridgehead atoms. The molecule has 4 N–H and O–H groups in total.